The molecule has 2 nitrogen and oxygen atoms in total. The molecule has 1 fully saturated rings. The molecule has 0 bridgehead atoms. The van der Waals surface area contributed by atoms with Gasteiger partial charge in [0.15, 0.2) is 0 Å². The maximum Gasteiger partial charge on any atom is 0.0102 e. The zero-order chi connectivity index (χ0) is 4.95. The van der Waals surface area contributed by atoms with Crippen molar-refractivity contribution in [1.82, 2.24) is 10.9 Å². The van der Waals surface area contributed by atoms with Gasteiger partial charge >= 0.3 is 0 Å². The van der Waals surface area contributed by atoms with Crippen LogP contribution in [0, 0.1) is 6.42 Å². The second-order valence-corrected chi connectivity index (χ2v) is 1.72. The van der Waals surface area contributed by atoms with Gasteiger partial charge in [-0.1, -0.05) is 0 Å². The first-order valence-electron chi connectivity index (χ1n) is 2.77. The number of hydrogen-bond donors (Lipinski definition) is 2. The molecule has 7 heavy (non-hydrogen) atoms. The summed E-state index contributed by atoms with van der Waals surface area (Å²) in [5.41, 5.74) is 6.13. The zero-order valence-electron chi connectivity index (χ0n) is 4.41. The van der Waals surface area contributed by atoms with Gasteiger partial charge in [-0.3, -0.25) is 10.9 Å². The largest absolute Gasteiger partial charge is 0.258 e. The number of hydrazine groups is 1. The molecule has 0 aromatic rings. The molecular formula is C5H11N2. The van der Waals surface area contributed by atoms with Crippen molar-refractivity contribution < 1.29 is 0 Å². The van der Waals surface area contributed by atoms with Gasteiger partial charge in [0.1, 0.15) is 0 Å². The Morgan fingerprint density at radius 1 is 1.00 bits per heavy atom. The van der Waals surface area contributed by atoms with Crippen molar-refractivity contribution in [2.75, 3.05) is 13.1 Å². The van der Waals surface area contributed by atoms with E-state index in [0.29, 0.717) is 0 Å². The normalized spacial score (nSPS) is 24.0. The van der Waals surface area contributed by atoms with Crippen molar-refractivity contribution in [3.63, 3.8) is 0 Å². The van der Waals surface area contributed by atoms with E-state index < -0.39 is 0 Å². The molecule has 41 valence electrons. The van der Waals surface area contributed by atoms with Gasteiger partial charge in [-0.2, -0.15) is 0 Å². The first kappa shape index (κ1) is 5.06. The average molecular weight is 99.2 g/mol. The molecule has 1 aliphatic heterocycles. The topological polar surface area (TPSA) is 24.1 Å². The fraction of sp³-hybridized carbons (Fsp3) is 0.800. The quantitative estimate of drug-likeness (QED) is 0.449. The van der Waals surface area contributed by atoms with E-state index in [1.54, 1.807) is 0 Å². The highest BCUT2D eigenvalue weighted by Crippen LogP contribution is 1.91. The van der Waals surface area contributed by atoms with E-state index in [4.69, 9.17) is 0 Å². The molecule has 0 aromatic carbocycles. The summed E-state index contributed by atoms with van der Waals surface area (Å²) in [6.07, 6.45) is 4.70. The molecule has 0 aromatic heterocycles. The molecule has 0 atom stereocenters. The van der Waals surface area contributed by atoms with E-state index in [2.05, 4.69) is 17.3 Å². The summed E-state index contributed by atoms with van der Waals surface area (Å²) in [4.78, 5) is 0. The second-order valence-electron chi connectivity index (χ2n) is 1.72. The highest BCUT2D eigenvalue weighted by atomic mass is 15.3. The minimum atomic E-state index is 1.08. The fourth-order valence-electron chi connectivity index (χ4n) is 0.670. The van der Waals surface area contributed by atoms with Gasteiger partial charge in [0.05, 0.1) is 0 Å². The summed E-state index contributed by atoms with van der Waals surface area (Å²) < 4.78 is 0. The Morgan fingerprint density at radius 2 is 1.57 bits per heavy atom. The molecule has 0 aliphatic carbocycles. The van der Waals surface area contributed by atoms with Gasteiger partial charge in [0.25, 0.3) is 0 Å². The van der Waals surface area contributed by atoms with Crippen LogP contribution in [-0.4, -0.2) is 13.1 Å². The van der Waals surface area contributed by atoms with Crippen LogP contribution in [0.5, 0.6) is 0 Å². The molecule has 1 rings (SSSR count). The van der Waals surface area contributed by atoms with Gasteiger partial charge in [-0.25, -0.2) is 0 Å². The third-order valence-electron chi connectivity index (χ3n) is 1.07. The number of nitrogens with one attached hydrogen (secondary N) is 2. The molecule has 0 saturated carbocycles. The van der Waals surface area contributed by atoms with Crippen molar-refractivity contribution in [2.24, 2.45) is 0 Å². The van der Waals surface area contributed by atoms with Crippen LogP contribution in [0.15, 0.2) is 0 Å². The van der Waals surface area contributed by atoms with Crippen molar-refractivity contribution in [1.29, 1.82) is 0 Å². The molecule has 2 N–H and O–H groups in total. The summed E-state index contributed by atoms with van der Waals surface area (Å²) in [6.45, 7) is 2.17. The Labute approximate surface area is 44.3 Å². The second kappa shape index (κ2) is 2.99. The van der Waals surface area contributed by atoms with E-state index in [9.17, 15) is 0 Å². The molecule has 1 radical (unpaired) electrons. The van der Waals surface area contributed by atoms with Gasteiger partial charge in [-0.15, -0.1) is 0 Å². The van der Waals surface area contributed by atoms with Crippen LogP contribution in [0.3, 0.4) is 0 Å². The van der Waals surface area contributed by atoms with Gasteiger partial charge in [0, 0.05) is 13.1 Å². The van der Waals surface area contributed by atoms with Crippen LogP contribution >= 0.6 is 0 Å². The molecule has 1 heterocycles. The number of rotatable bonds is 0. The Hall–Kier alpha value is -0.0800. The van der Waals surface area contributed by atoms with Gasteiger partial charge in [-0.05, 0) is 19.3 Å². The molecule has 1 aliphatic rings. The lowest BCUT2D eigenvalue weighted by Crippen LogP contribution is -2.30. The molecule has 0 amide bonds. The van der Waals surface area contributed by atoms with Crippen molar-refractivity contribution in [3.05, 3.63) is 6.42 Å². The molecule has 1 saturated heterocycles. The van der Waals surface area contributed by atoms with E-state index in [-0.39, 0.29) is 0 Å². The smallest absolute Gasteiger partial charge is 0.0102 e. The van der Waals surface area contributed by atoms with E-state index in [1.807, 2.05) is 0 Å². The summed E-state index contributed by atoms with van der Waals surface area (Å²) in [6, 6.07) is 0. The molecule has 2 heteroatoms. The predicted octanol–water partition coefficient (Wildman–Crippen LogP) is 0.0787. The van der Waals surface area contributed by atoms with Crippen LogP contribution < -0.4 is 10.9 Å². The zero-order valence-corrected chi connectivity index (χ0v) is 4.41. The SMILES string of the molecule is [CH]1CCNNCC1. The summed E-state index contributed by atoms with van der Waals surface area (Å²) in [7, 11) is 0. The monoisotopic (exact) mass is 99.1 g/mol. The highest BCUT2D eigenvalue weighted by molar-refractivity contribution is 4.69. The number of hydrogen-bond acceptors (Lipinski definition) is 2. The Bertz CT molecular complexity index is 25.7. The van der Waals surface area contributed by atoms with Crippen LogP contribution in [0.2, 0.25) is 0 Å². The van der Waals surface area contributed by atoms with E-state index in [1.165, 1.54) is 12.8 Å². The lowest BCUT2D eigenvalue weighted by atomic mass is 10.2. The van der Waals surface area contributed by atoms with Crippen molar-refractivity contribution in [3.8, 4) is 0 Å². The minimum absolute atomic E-state index is 1.08. The van der Waals surface area contributed by atoms with Crippen molar-refractivity contribution >= 4 is 0 Å². The Balaban J connectivity index is 2.04. The maximum absolute atomic E-state index is 3.07. The van der Waals surface area contributed by atoms with E-state index >= 15 is 0 Å². The fourth-order valence-corrected chi connectivity index (χ4v) is 0.670. The summed E-state index contributed by atoms with van der Waals surface area (Å²) in [5, 5.41) is 0. The standard InChI is InChI=1S/C5H11N2/c1-2-4-6-7-5-3-1/h1,6-7H,2-5H2. The molecule has 0 spiro atoms. The maximum atomic E-state index is 3.07. The van der Waals surface area contributed by atoms with Crippen LogP contribution in [0.1, 0.15) is 12.8 Å². The molecule has 0 unspecified atom stereocenters. The van der Waals surface area contributed by atoms with Crippen molar-refractivity contribution in [2.45, 2.75) is 12.8 Å². The van der Waals surface area contributed by atoms with Crippen LogP contribution in [0.25, 0.3) is 0 Å². The summed E-state index contributed by atoms with van der Waals surface area (Å²) in [5.74, 6) is 0. The first-order valence-corrected chi connectivity index (χ1v) is 2.77. The van der Waals surface area contributed by atoms with Crippen LogP contribution in [-0.2, 0) is 0 Å². The van der Waals surface area contributed by atoms with Crippen LogP contribution in [0.4, 0.5) is 0 Å². The predicted molar refractivity (Wildman–Crippen MR) is 29.5 cm³/mol. The summed E-state index contributed by atoms with van der Waals surface area (Å²) >= 11 is 0. The average Bonchev–Trinajstić information content (AvgIpc) is 1.90. The van der Waals surface area contributed by atoms with Gasteiger partial charge < -0.3 is 0 Å². The lowest BCUT2D eigenvalue weighted by molar-refractivity contribution is 0.573. The Kier molecular flexibility index (Phi) is 2.17. The van der Waals surface area contributed by atoms with Gasteiger partial charge in [0.2, 0.25) is 0 Å². The first-order chi connectivity index (χ1) is 3.50. The van der Waals surface area contributed by atoms with E-state index in [0.717, 1.165) is 13.1 Å². The highest BCUT2D eigenvalue weighted by Gasteiger charge is 1.93. The third kappa shape index (κ3) is 1.90. The Morgan fingerprint density at radius 3 is 2.14 bits per heavy atom. The minimum Gasteiger partial charge on any atom is -0.258 e. The lowest BCUT2D eigenvalue weighted by Gasteiger charge is -1.95. The third-order valence-corrected chi connectivity index (χ3v) is 1.07. The molecular weight excluding hydrogens is 88.1 g/mol.